The second-order valence-corrected chi connectivity index (χ2v) is 7.51. The van der Waals surface area contributed by atoms with Crippen LogP contribution < -0.4 is 15.4 Å². The van der Waals surface area contributed by atoms with E-state index in [4.69, 9.17) is 9.47 Å². The lowest BCUT2D eigenvalue weighted by Gasteiger charge is -2.19. The number of nitrogens with one attached hydrogen (secondary N) is 2. The predicted octanol–water partition coefficient (Wildman–Crippen LogP) is 4.54. The normalized spacial score (nSPS) is 10.9. The van der Waals surface area contributed by atoms with Crippen molar-refractivity contribution in [1.82, 2.24) is 10.6 Å². The first-order valence-electron chi connectivity index (χ1n) is 9.47. The minimum Gasteiger partial charge on any atom is -0.457 e. The summed E-state index contributed by atoms with van der Waals surface area (Å²) in [5.41, 5.74) is 0.387. The van der Waals surface area contributed by atoms with E-state index in [2.05, 4.69) is 10.6 Å². The summed E-state index contributed by atoms with van der Waals surface area (Å²) in [5, 5.41) is 5.46. The Bertz CT molecular complexity index is 799. The fraction of sp³-hybridized carbons (Fsp3) is 0.364. The number of alkyl carbamates (subject to hydrolysis) is 1. The third-order valence-electron chi connectivity index (χ3n) is 3.71. The molecule has 0 saturated carbocycles. The number of hydrogen-bond acceptors (Lipinski definition) is 4. The van der Waals surface area contributed by atoms with Crippen molar-refractivity contribution in [3.8, 4) is 11.5 Å². The van der Waals surface area contributed by atoms with Gasteiger partial charge < -0.3 is 20.1 Å². The van der Waals surface area contributed by atoms with Crippen molar-refractivity contribution in [3.05, 3.63) is 59.9 Å². The zero-order valence-electron chi connectivity index (χ0n) is 17.0. The van der Waals surface area contributed by atoms with Gasteiger partial charge in [-0.1, -0.05) is 12.1 Å². The smallest absolute Gasteiger partial charge is 0.407 e. The molecule has 7 heteroatoms. The summed E-state index contributed by atoms with van der Waals surface area (Å²) < 4.78 is 23.7. The molecule has 0 bridgehead atoms. The molecule has 0 aliphatic heterocycles. The molecule has 0 aromatic heterocycles. The number of ether oxygens (including phenoxy) is 2. The van der Waals surface area contributed by atoms with Crippen LogP contribution in [-0.2, 0) is 16.1 Å². The first kappa shape index (κ1) is 22.2. The van der Waals surface area contributed by atoms with Gasteiger partial charge in [0.25, 0.3) is 0 Å². The lowest BCUT2D eigenvalue weighted by molar-refractivity contribution is -0.121. The third-order valence-corrected chi connectivity index (χ3v) is 3.71. The van der Waals surface area contributed by atoms with Crippen LogP contribution in [0.5, 0.6) is 11.5 Å². The Kier molecular flexibility index (Phi) is 8.00. The quantitative estimate of drug-likeness (QED) is 0.636. The average molecular weight is 402 g/mol. The molecule has 0 fully saturated rings. The van der Waals surface area contributed by atoms with Crippen molar-refractivity contribution in [1.29, 1.82) is 0 Å². The van der Waals surface area contributed by atoms with E-state index in [1.54, 1.807) is 45.0 Å². The molecule has 2 amide bonds. The molecule has 2 rings (SSSR count). The maximum absolute atomic E-state index is 12.9. The zero-order valence-corrected chi connectivity index (χ0v) is 17.0. The van der Waals surface area contributed by atoms with Crippen molar-refractivity contribution in [2.45, 2.75) is 45.8 Å². The van der Waals surface area contributed by atoms with Crippen LogP contribution in [0, 0.1) is 5.82 Å². The number of amides is 2. The van der Waals surface area contributed by atoms with Crippen LogP contribution in [0.2, 0.25) is 0 Å². The first-order chi connectivity index (χ1) is 13.7. The Labute approximate surface area is 170 Å². The standard InChI is InChI=1S/C22H27FN2O4/c1-22(2,3)29-21(27)24-14-4-5-20(26)25-15-16-6-10-18(11-7-16)28-19-12-8-17(23)9-13-19/h6-13H,4-5,14-15H2,1-3H3,(H,24,27)(H,25,26). The molecule has 2 N–H and O–H groups in total. The van der Waals surface area contributed by atoms with Crippen LogP contribution in [0.15, 0.2) is 48.5 Å². The van der Waals surface area contributed by atoms with Crippen LogP contribution in [0.3, 0.4) is 0 Å². The number of benzene rings is 2. The predicted molar refractivity (Wildman–Crippen MR) is 108 cm³/mol. The molecule has 0 radical (unpaired) electrons. The Morgan fingerprint density at radius 2 is 1.52 bits per heavy atom. The number of hydrogen-bond donors (Lipinski definition) is 2. The van der Waals surface area contributed by atoms with Crippen LogP contribution in [0.25, 0.3) is 0 Å². The third kappa shape index (κ3) is 9.10. The number of carbonyl (C=O) groups excluding carboxylic acids is 2. The number of rotatable bonds is 8. The second-order valence-electron chi connectivity index (χ2n) is 7.51. The Morgan fingerprint density at radius 3 is 2.10 bits per heavy atom. The number of halogens is 1. The van der Waals surface area contributed by atoms with Crippen molar-refractivity contribution < 1.29 is 23.5 Å². The van der Waals surface area contributed by atoms with Gasteiger partial charge in [-0.2, -0.15) is 0 Å². The summed E-state index contributed by atoms with van der Waals surface area (Å²) in [7, 11) is 0. The molecule has 2 aromatic rings. The van der Waals surface area contributed by atoms with Gasteiger partial charge in [0, 0.05) is 19.5 Å². The topological polar surface area (TPSA) is 76.7 Å². The van der Waals surface area contributed by atoms with E-state index in [9.17, 15) is 14.0 Å². The van der Waals surface area contributed by atoms with E-state index in [0.717, 1.165) is 5.56 Å². The van der Waals surface area contributed by atoms with Crippen LogP contribution in [0.4, 0.5) is 9.18 Å². The summed E-state index contributed by atoms with van der Waals surface area (Å²) in [6.07, 6.45) is 0.345. The molecule has 2 aromatic carbocycles. The van der Waals surface area contributed by atoms with Gasteiger partial charge in [0.15, 0.2) is 0 Å². The molecular formula is C22H27FN2O4. The van der Waals surface area contributed by atoms with E-state index in [-0.39, 0.29) is 11.7 Å². The SMILES string of the molecule is CC(C)(C)OC(=O)NCCCC(=O)NCc1ccc(Oc2ccc(F)cc2)cc1. The molecule has 0 aliphatic rings. The molecule has 0 heterocycles. The lowest BCUT2D eigenvalue weighted by atomic mass is 10.2. The van der Waals surface area contributed by atoms with Crippen LogP contribution in [-0.4, -0.2) is 24.1 Å². The summed E-state index contributed by atoms with van der Waals surface area (Å²) in [5.74, 6) is 0.763. The van der Waals surface area contributed by atoms with Gasteiger partial charge in [-0.15, -0.1) is 0 Å². The monoisotopic (exact) mass is 402 g/mol. The van der Waals surface area contributed by atoms with Gasteiger partial charge in [0.2, 0.25) is 5.91 Å². The maximum atomic E-state index is 12.9. The second kappa shape index (κ2) is 10.5. The molecule has 0 unspecified atom stereocenters. The van der Waals surface area contributed by atoms with Gasteiger partial charge in [-0.05, 0) is 69.2 Å². The van der Waals surface area contributed by atoms with Gasteiger partial charge in [-0.3, -0.25) is 4.79 Å². The van der Waals surface area contributed by atoms with Gasteiger partial charge in [-0.25, -0.2) is 9.18 Å². The lowest BCUT2D eigenvalue weighted by Crippen LogP contribution is -2.33. The highest BCUT2D eigenvalue weighted by atomic mass is 19.1. The molecular weight excluding hydrogens is 375 g/mol. The zero-order chi connectivity index (χ0) is 21.3. The average Bonchev–Trinajstić information content (AvgIpc) is 2.65. The molecule has 29 heavy (non-hydrogen) atoms. The van der Waals surface area contributed by atoms with E-state index >= 15 is 0 Å². The highest BCUT2D eigenvalue weighted by molar-refractivity contribution is 5.76. The van der Waals surface area contributed by atoms with Crippen molar-refractivity contribution in [2.24, 2.45) is 0 Å². The van der Waals surface area contributed by atoms with E-state index < -0.39 is 11.7 Å². The van der Waals surface area contributed by atoms with Gasteiger partial charge in [0.05, 0.1) is 0 Å². The fourth-order valence-corrected chi connectivity index (χ4v) is 2.36. The van der Waals surface area contributed by atoms with Gasteiger partial charge in [0.1, 0.15) is 22.9 Å². The maximum Gasteiger partial charge on any atom is 0.407 e. The summed E-state index contributed by atoms with van der Waals surface area (Å²) >= 11 is 0. The first-order valence-corrected chi connectivity index (χ1v) is 9.47. The Hall–Kier alpha value is -3.09. The molecule has 6 nitrogen and oxygen atoms in total. The summed E-state index contributed by atoms with van der Waals surface area (Å²) in [4.78, 5) is 23.4. The molecule has 156 valence electrons. The van der Waals surface area contributed by atoms with Crippen molar-refractivity contribution >= 4 is 12.0 Å². The van der Waals surface area contributed by atoms with Crippen molar-refractivity contribution in [3.63, 3.8) is 0 Å². The molecule has 0 spiro atoms. The van der Waals surface area contributed by atoms with E-state index in [1.165, 1.54) is 12.1 Å². The van der Waals surface area contributed by atoms with Crippen LogP contribution in [0.1, 0.15) is 39.2 Å². The summed E-state index contributed by atoms with van der Waals surface area (Å²) in [6, 6.07) is 13.1. The molecule has 0 saturated heterocycles. The number of carbonyl (C=O) groups is 2. The largest absolute Gasteiger partial charge is 0.457 e. The van der Waals surface area contributed by atoms with Crippen LogP contribution >= 0.6 is 0 Å². The minimum absolute atomic E-state index is 0.0948. The summed E-state index contributed by atoms with van der Waals surface area (Å²) in [6.45, 7) is 6.15. The minimum atomic E-state index is -0.541. The van der Waals surface area contributed by atoms with Crippen molar-refractivity contribution in [2.75, 3.05) is 6.54 Å². The highest BCUT2D eigenvalue weighted by Gasteiger charge is 2.15. The Morgan fingerprint density at radius 1 is 0.931 bits per heavy atom. The van der Waals surface area contributed by atoms with E-state index in [1.807, 2.05) is 12.1 Å². The Balaban J connectivity index is 1.65. The molecule has 0 aliphatic carbocycles. The van der Waals surface area contributed by atoms with E-state index in [0.29, 0.717) is 37.4 Å². The highest BCUT2D eigenvalue weighted by Crippen LogP contribution is 2.21. The molecule has 0 atom stereocenters. The fourth-order valence-electron chi connectivity index (χ4n) is 2.36. The van der Waals surface area contributed by atoms with Gasteiger partial charge >= 0.3 is 6.09 Å².